The lowest BCUT2D eigenvalue weighted by Gasteiger charge is -2.18. The molecular formula is C21H21FN2O. The van der Waals surface area contributed by atoms with Gasteiger partial charge in [-0.1, -0.05) is 31.5 Å². The Kier molecular flexibility index (Phi) is 5.08. The first-order valence-electron chi connectivity index (χ1n) is 8.51. The summed E-state index contributed by atoms with van der Waals surface area (Å²) in [6.07, 6.45) is 2.01. The molecule has 128 valence electrons. The topological polar surface area (TPSA) is 33.2 Å². The van der Waals surface area contributed by atoms with Crippen LogP contribution in [0.15, 0.2) is 54.6 Å². The van der Waals surface area contributed by atoms with Crippen molar-refractivity contribution in [3.05, 3.63) is 66.0 Å². The normalized spacial score (nSPS) is 10.8. The minimum atomic E-state index is -0.292. The van der Waals surface area contributed by atoms with Gasteiger partial charge in [0, 0.05) is 24.5 Å². The largest absolute Gasteiger partial charge is 0.342 e. The Morgan fingerprint density at radius 2 is 1.84 bits per heavy atom. The number of halogens is 1. The van der Waals surface area contributed by atoms with E-state index in [0.29, 0.717) is 11.3 Å². The van der Waals surface area contributed by atoms with Gasteiger partial charge in [-0.25, -0.2) is 9.37 Å². The Bertz CT molecular complexity index is 890. The molecule has 3 rings (SSSR count). The Labute approximate surface area is 147 Å². The summed E-state index contributed by atoms with van der Waals surface area (Å²) in [5.41, 5.74) is 2.85. The smallest absolute Gasteiger partial charge is 0.254 e. The van der Waals surface area contributed by atoms with Crippen LogP contribution in [-0.2, 0) is 0 Å². The van der Waals surface area contributed by atoms with E-state index >= 15 is 0 Å². The second-order valence-corrected chi connectivity index (χ2v) is 6.16. The van der Waals surface area contributed by atoms with Gasteiger partial charge in [0.15, 0.2) is 0 Å². The van der Waals surface area contributed by atoms with Crippen molar-refractivity contribution in [3.8, 4) is 11.3 Å². The second-order valence-electron chi connectivity index (χ2n) is 6.16. The molecule has 0 aliphatic carbocycles. The monoisotopic (exact) mass is 336 g/mol. The number of hydrogen-bond donors (Lipinski definition) is 0. The van der Waals surface area contributed by atoms with Crippen molar-refractivity contribution in [3.63, 3.8) is 0 Å². The predicted octanol–water partition coefficient (Wildman–Crippen LogP) is 4.91. The number of pyridine rings is 1. The van der Waals surface area contributed by atoms with Gasteiger partial charge in [-0.3, -0.25) is 4.79 Å². The molecular weight excluding hydrogens is 315 g/mol. The number of amides is 1. The Morgan fingerprint density at radius 3 is 2.56 bits per heavy atom. The van der Waals surface area contributed by atoms with Gasteiger partial charge >= 0.3 is 0 Å². The van der Waals surface area contributed by atoms with Crippen molar-refractivity contribution >= 4 is 16.8 Å². The number of fused-ring (bicyclic) bond motifs is 1. The highest BCUT2D eigenvalue weighted by atomic mass is 19.1. The minimum Gasteiger partial charge on any atom is -0.342 e. The lowest BCUT2D eigenvalue weighted by molar-refractivity contribution is 0.0795. The van der Waals surface area contributed by atoms with Crippen molar-refractivity contribution in [2.45, 2.75) is 19.8 Å². The number of aromatic nitrogens is 1. The molecule has 0 N–H and O–H groups in total. The number of benzene rings is 2. The van der Waals surface area contributed by atoms with Crippen LogP contribution < -0.4 is 0 Å². The lowest BCUT2D eigenvalue weighted by atomic mass is 10.0. The summed E-state index contributed by atoms with van der Waals surface area (Å²) in [6.45, 7) is 2.82. The first-order chi connectivity index (χ1) is 12.1. The molecule has 0 radical (unpaired) electrons. The standard InChI is InChI=1S/C21H21FN2O/c1-3-4-13-24(2)21(25)18-14-20(15-9-11-16(22)12-10-15)23-19-8-6-5-7-17(18)19/h5-12,14H,3-4,13H2,1-2H3. The van der Waals surface area contributed by atoms with Gasteiger partial charge in [0.2, 0.25) is 0 Å². The molecule has 0 unspecified atom stereocenters. The van der Waals surface area contributed by atoms with Crippen molar-refractivity contribution in [1.29, 1.82) is 0 Å². The molecule has 2 aromatic carbocycles. The summed E-state index contributed by atoms with van der Waals surface area (Å²) in [5.74, 6) is -0.310. The molecule has 4 heteroatoms. The van der Waals surface area contributed by atoms with Crippen LogP contribution in [-0.4, -0.2) is 29.4 Å². The first-order valence-corrected chi connectivity index (χ1v) is 8.51. The third kappa shape index (κ3) is 3.68. The maximum Gasteiger partial charge on any atom is 0.254 e. The van der Waals surface area contributed by atoms with Gasteiger partial charge in [-0.15, -0.1) is 0 Å². The number of para-hydroxylation sites is 1. The van der Waals surface area contributed by atoms with Gasteiger partial charge in [-0.2, -0.15) is 0 Å². The van der Waals surface area contributed by atoms with Gasteiger partial charge in [0.1, 0.15) is 5.82 Å². The SMILES string of the molecule is CCCCN(C)C(=O)c1cc(-c2ccc(F)cc2)nc2ccccc12. The van der Waals surface area contributed by atoms with Crippen LogP contribution >= 0.6 is 0 Å². The molecule has 0 aliphatic heterocycles. The Hall–Kier alpha value is -2.75. The Balaban J connectivity index is 2.09. The van der Waals surface area contributed by atoms with Crippen molar-refractivity contribution in [2.24, 2.45) is 0 Å². The van der Waals surface area contributed by atoms with Crippen molar-refractivity contribution < 1.29 is 9.18 Å². The van der Waals surface area contributed by atoms with Gasteiger partial charge < -0.3 is 4.90 Å². The first kappa shape index (κ1) is 17.1. The molecule has 0 bridgehead atoms. The predicted molar refractivity (Wildman–Crippen MR) is 99.0 cm³/mol. The number of carbonyl (C=O) groups is 1. The summed E-state index contributed by atoms with van der Waals surface area (Å²) in [6, 6.07) is 15.6. The number of nitrogens with zero attached hydrogens (tertiary/aromatic N) is 2. The Morgan fingerprint density at radius 1 is 1.12 bits per heavy atom. The van der Waals surface area contributed by atoms with Gasteiger partial charge in [0.25, 0.3) is 5.91 Å². The lowest BCUT2D eigenvalue weighted by Crippen LogP contribution is -2.28. The second kappa shape index (κ2) is 7.43. The van der Waals surface area contributed by atoms with Crippen LogP contribution in [0.1, 0.15) is 30.1 Å². The molecule has 0 fully saturated rings. The number of unbranched alkanes of at least 4 members (excludes halogenated alkanes) is 1. The average Bonchev–Trinajstić information content (AvgIpc) is 2.65. The zero-order chi connectivity index (χ0) is 17.8. The fraction of sp³-hybridized carbons (Fsp3) is 0.238. The van der Waals surface area contributed by atoms with Crippen LogP contribution in [0.4, 0.5) is 4.39 Å². The van der Waals surface area contributed by atoms with E-state index in [2.05, 4.69) is 11.9 Å². The molecule has 0 aliphatic rings. The molecule has 0 saturated carbocycles. The van der Waals surface area contributed by atoms with Crippen LogP contribution in [0.3, 0.4) is 0 Å². The van der Waals surface area contributed by atoms with E-state index in [0.717, 1.165) is 35.9 Å². The third-order valence-corrected chi connectivity index (χ3v) is 4.28. The molecule has 3 nitrogen and oxygen atoms in total. The number of carbonyl (C=O) groups excluding carboxylic acids is 1. The van der Waals surface area contributed by atoms with Gasteiger partial charge in [0.05, 0.1) is 16.8 Å². The zero-order valence-electron chi connectivity index (χ0n) is 14.5. The van der Waals surface area contributed by atoms with Crippen LogP contribution in [0.5, 0.6) is 0 Å². The molecule has 0 spiro atoms. The highest BCUT2D eigenvalue weighted by molar-refractivity contribution is 6.07. The van der Waals surface area contributed by atoms with Crippen LogP contribution in [0, 0.1) is 5.82 Å². The molecule has 25 heavy (non-hydrogen) atoms. The van der Waals surface area contributed by atoms with E-state index in [-0.39, 0.29) is 11.7 Å². The van der Waals surface area contributed by atoms with E-state index in [1.807, 2.05) is 31.3 Å². The van der Waals surface area contributed by atoms with E-state index in [4.69, 9.17) is 0 Å². The summed E-state index contributed by atoms with van der Waals surface area (Å²) >= 11 is 0. The highest BCUT2D eigenvalue weighted by Gasteiger charge is 2.17. The van der Waals surface area contributed by atoms with Gasteiger partial charge in [-0.05, 0) is 42.8 Å². The molecule has 1 heterocycles. The molecule has 1 aromatic heterocycles. The molecule has 3 aromatic rings. The third-order valence-electron chi connectivity index (χ3n) is 4.28. The van der Waals surface area contributed by atoms with Crippen molar-refractivity contribution in [1.82, 2.24) is 9.88 Å². The molecule has 0 saturated heterocycles. The summed E-state index contributed by atoms with van der Waals surface area (Å²) in [5, 5.41) is 0.835. The highest BCUT2D eigenvalue weighted by Crippen LogP contribution is 2.26. The van der Waals surface area contributed by atoms with Crippen molar-refractivity contribution in [2.75, 3.05) is 13.6 Å². The van der Waals surface area contributed by atoms with E-state index in [1.165, 1.54) is 12.1 Å². The maximum absolute atomic E-state index is 13.2. The summed E-state index contributed by atoms with van der Waals surface area (Å²) < 4.78 is 13.2. The summed E-state index contributed by atoms with van der Waals surface area (Å²) in [7, 11) is 1.82. The average molecular weight is 336 g/mol. The van der Waals surface area contributed by atoms with Crippen LogP contribution in [0.25, 0.3) is 22.2 Å². The maximum atomic E-state index is 13.2. The molecule has 1 amide bonds. The van der Waals surface area contributed by atoms with Crippen LogP contribution in [0.2, 0.25) is 0 Å². The fourth-order valence-electron chi connectivity index (χ4n) is 2.82. The van der Waals surface area contributed by atoms with E-state index < -0.39 is 0 Å². The fourth-order valence-corrected chi connectivity index (χ4v) is 2.82. The zero-order valence-corrected chi connectivity index (χ0v) is 14.5. The number of rotatable bonds is 5. The number of hydrogen-bond acceptors (Lipinski definition) is 2. The molecule has 0 atom stereocenters. The quantitative estimate of drug-likeness (QED) is 0.663. The summed E-state index contributed by atoms with van der Waals surface area (Å²) in [4.78, 5) is 19.3. The van der Waals surface area contributed by atoms with E-state index in [1.54, 1.807) is 23.1 Å². The minimum absolute atomic E-state index is 0.0181. The van der Waals surface area contributed by atoms with E-state index in [9.17, 15) is 9.18 Å².